The van der Waals surface area contributed by atoms with Crippen LogP contribution in [-0.2, 0) is 13.1 Å². The van der Waals surface area contributed by atoms with E-state index in [4.69, 9.17) is 5.26 Å². The average Bonchev–Trinajstić information content (AvgIpc) is 3.05. The number of nitrogens with zero attached hydrogens (tertiary/aromatic N) is 1. The Bertz CT molecular complexity index is 547. The van der Waals surface area contributed by atoms with Crippen molar-refractivity contribution in [1.82, 2.24) is 10.6 Å². The highest BCUT2D eigenvalue weighted by molar-refractivity contribution is 5.94. The van der Waals surface area contributed by atoms with Crippen molar-refractivity contribution in [1.29, 1.82) is 5.26 Å². The van der Waals surface area contributed by atoms with Gasteiger partial charge in [-0.2, -0.15) is 5.26 Å². The number of hydrogen-bond donors (Lipinski definition) is 2. The molecule has 1 saturated carbocycles. The second-order valence-corrected chi connectivity index (χ2v) is 5.33. The first kappa shape index (κ1) is 12.2. The van der Waals surface area contributed by atoms with E-state index < -0.39 is 0 Å². The van der Waals surface area contributed by atoms with Gasteiger partial charge >= 0.3 is 0 Å². The first-order chi connectivity index (χ1) is 9.28. The third-order valence-corrected chi connectivity index (χ3v) is 4.10. The maximum atomic E-state index is 12.2. The van der Waals surface area contributed by atoms with Gasteiger partial charge in [0.1, 0.15) is 0 Å². The lowest BCUT2D eigenvalue weighted by Crippen LogP contribution is -2.36. The van der Waals surface area contributed by atoms with Gasteiger partial charge in [0.05, 0.1) is 12.0 Å². The molecule has 0 spiro atoms. The van der Waals surface area contributed by atoms with Gasteiger partial charge in [0.25, 0.3) is 5.91 Å². The van der Waals surface area contributed by atoms with E-state index in [1.54, 1.807) is 0 Å². The molecule has 0 bridgehead atoms. The van der Waals surface area contributed by atoms with Gasteiger partial charge in [-0.1, -0.05) is 6.07 Å². The van der Waals surface area contributed by atoms with Gasteiger partial charge < -0.3 is 10.6 Å². The Labute approximate surface area is 112 Å². The summed E-state index contributed by atoms with van der Waals surface area (Å²) in [6, 6.07) is 8.15. The topological polar surface area (TPSA) is 64.9 Å². The number of nitriles is 1. The molecule has 3 rings (SSSR count). The van der Waals surface area contributed by atoms with Crippen molar-refractivity contribution in [3.63, 3.8) is 0 Å². The maximum Gasteiger partial charge on any atom is 0.251 e. The van der Waals surface area contributed by atoms with Gasteiger partial charge in [-0.25, -0.2) is 0 Å². The van der Waals surface area contributed by atoms with Gasteiger partial charge in [0.2, 0.25) is 0 Å². The van der Waals surface area contributed by atoms with E-state index in [2.05, 4.69) is 16.7 Å². The van der Waals surface area contributed by atoms with E-state index in [1.165, 1.54) is 11.1 Å². The fourth-order valence-electron chi connectivity index (χ4n) is 2.98. The molecule has 0 saturated heterocycles. The number of carbonyl (C=O) groups excluding carboxylic acids is 1. The largest absolute Gasteiger partial charge is 0.348 e. The number of carbonyl (C=O) groups is 1. The first-order valence-electron chi connectivity index (χ1n) is 6.81. The third-order valence-electron chi connectivity index (χ3n) is 4.10. The first-order valence-corrected chi connectivity index (χ1v) is 6.81. The summed E-state index contributed by atoms with van der Waals surface area (Å²) in [6.45, 7) is 1.72. The van der Waals surface area contributed by atoms with E-state index in [0.29, 0.717) is 5.56 Å². The van der Waals surface area contributed by atoms with Crippen LogP contribution in [0.1, 0.15) is 40.7 Å². The zero-order valence-corrected chi connectivity index (χ0v) is 10.8. The second-order valence-electron chi connectivity index (χ2n) is 5.33. The highest BCUT2D eigenvalue weighted by Gasteiger charge is 2.28. The molecular formula is C15H17N3O. The van der Waals surface area contributed by atoms with Crippen LogP contribution in [0.2, 0.25) is 0 Å². The van der Waals surface area contributed by atoms with Crippen LogP contribution in [0.4, 0.5) is 0 Å². The zero-order valence-electron chi connectivity index (χ0n) is 10.8. The monoisotopic (exact) mass is 255 g/mol. The van der Waals surface area contributed by atoms with Crippen molar-refractivity contribution >= 4 is 5.91 Å². The minimum atomic E-state index is -0.0538. The lowest BCUT2D eigenvalue weighted by atomic mass is 10.0. The number of fused-ring (bicyclic) bond motifs is 1. The van der Waals surface area contributed by atoms with E-state index >= 15 is 0 Å². The Balaban J connectivity index is 1.72. The predicted octanol–water partition coefficient (Wildman–Crippen LogP) is 1.71. The third kappa shape index (κ3) is 2.34. The van der Waals surface area contributed by atoms with Gasteiger partial charge in [-0.15, -0.1) is 0 Å². The standard InChI is InChI=1S/C15H17N3O/c16-7-11-2-1-3-14(11)18-15(19)10-4-5-12-8-17-9-13(12)6-10/h4-6,11,14,17H,1-3,8-9H2,(H,18,19). The molecule has 1 fully saturated rings. The van der Waals surface area contributed by atoms with E-state index in [9.17, 15) is 4.79 Å². The SMILES string of the molecule is N#CC1CCCC1NC(=O)c1ccc2c(c1)CNC2. The van der Waals surface area contributed by atoms with Crippen molar-refractivity contribution in [3.05, 3.63) is 34.9 Å². The lowest BCUT2D eigenvalue weighted by Gasteiger charge is -2.15. The molecule has 19 heavy (non-hydrogen) atoms. The number of benzene rings is 1. The molecule has 4 nitrogen and oxygen atoms in total. The molecule has 2 unspecified atom stereocenters. The van der Waals surface area contributed by atoms with Gasteiger partial charge in [0.15, 0.2) is 0 Å². The van der Waals surface area contributed by atoms with Crippen LogP contribution in [0.15, 0.2) is 18.2 Å². The number of hydrogen-bond acceptors (Lipinski definition) is 3. The normalized spacial score (nSPS) is 24.8. The molecule has 2 atom stereocenters. The van der Waals surface area contributed by atoms with Gasteiger partial charge in [0, 0.05) is 24.7 Å². The molecule has 2 N–H and O–H groups in total. The fraction of sp³-hybridized carbons (Fsp3) is 0.467. The summed E-state index contributed by atoms with van der Waals surface area (Å²) in [4.78, 5) is 12.2. The molecule has 1 heterocycles. The molecule has 4 heteroatoms. The highest BCUT2D eigenvalue weighted by atomic mass is 16.1. The Morgan fingerprint density at radius 2 is 2.16 bits per heavy atom. The number of nitrogens with one attached hydrogen (secondary N) is 2. The summed E-state index contributed by atoms with van der Waals surface area (Å²) in [5.41, 5.74) is 3.18. The van der Waals surface area contributed by atoms with Crippen LogP contribution < -0.4 is 10.6 Å². The fourth-order valence-corrected chi connectivity index (χ4v) is 2.98. The Hall–Kier alpha value is -1.86. The summed E-state index contributed by atoms with van der Waals surface area (Å²) in [7, 11) is 0. The Morgan fingerprint density at radius 1 is 1.32 bits per heavy atom. The van der Waals surface area contributed by atoms with Crippen LogP contribution in [0.5, 0.6) is 0 Å². The highest BCUT2D eigenvalue weighted by Crippen LogP contribution is 2.25. The summed E-state index contributed by atoms with van der Waals surface area (Å²) in [5, 5.41) is 15.3. The van der Waals surface area contributed by atoms with Crippen LogP contribution in [0.25, 0.3) is 0 Å². The maximum absolute atomic E-state index is 12.2. The number of rotatable bonds is 2. The summed E-state index contributed by atoms with van der Waals surface area (Å²) < 4.78 is 0. The van der Waals surface area contributed by atoms with Gasteiger partial charge in [-0.05, 0) is 42.5 Å². The molecule has 2 aliphatic rings. The van der Waals surface area contributed by atoms with Crippen LogP contribution >= 0.6 is 0 Å². The average molecular weight is 255 g/mol. The van der Waals surface area contributed by atoms with Crippen molar-refractivity contribution < 1.29 is 4.79 Å². The smallest absolute Gasteiger partial charge is 0.251 e. The predicted molar refractivity (Wildman–Crippen MR) is 71.2 cm³/mol. The van der Waals surface area contributed by atoms with Gasteiger partial charge in [-0.3, -0.25) is 4.79 Å². The minimum Gasteiger partial charge on any atom is -0.348 e. The molecule has 1 aliphatic heterocycles. The van der Waals surface area contributed by atoms with E-state index in [0.717, 1.165) is 32.4 Å². The van der Waals surface area contributed by atoms with Crippen LogP contribution in [0, 0.1) is 17.2 Å². The number of amides is 1. The van der Waals surface area contributed by atoms with Crippen molar-refractivity contribution in [2.75, 3.05) is 0 Å². The molecule has 1 aliphatic carbocycles. The lowest BCUT2D eigenvalue weighted by molar-refractivity contribution is 0.0932. The van der Waals surface area contributed by atoms with Crippen molar-refractivity contribution in [2.24, 2.45) is 5.92 Å². The molecule has 0 aromatic heterocycles. The molecule has 1 aromatic rings. The molecule has 0 radical (unpaired) electrons. The summed E-state index contributed by atoms with van der Waals surface area (Å²) in [6.07, 6.45) is 2.84. The Kier molecular flexibility index (Phi) is 3.22. The quantitative estimate of drug-likeness (QED) is 0.845. The minimum absolute atomic E-state index is 0.0175. The van der Waals surface area contributed by atoms with Crippen LogP contribution in [-0.4, -0.2) is 11.9 Å². The molecular weight excluding hydrogens is 238 g/mol. The second kappa shape index (κ2) is 5.02. The molecule has 98 valence electrons. The Morgan fingerprint density at radius 3 is 3.00 bits per heavy atom. The van der Waals surface area contributed by atoms with Crippen molar-refractivity contribution in [2.45, 2.75) is 38.4 Å². The summed E-state index contributed by atoms with van der Waals surface area (Å²) in [5.74, 6) is -0.0816. The molecule has 1 aromatic carbocycles. The van der Waals surface area contributed by atoms with E-state index in [-0.39, 0.29) is 17.9 Å². The molecule has 1 amide bonds. The summed E-state index contributed by atoms with van der Waals surface area (Å²) >= 11 is 0. The zero-order chi connectivity index (χ0) is 13.2. The van der Waals surface area contributed by atoms with E-state index in [1.807, 2.05) is 18.2 Å². The van der Waals surface area contributed by atoms with Crippen molar-refractivity contribution in [3.8, 4) is 6.07 Å². The van der Waals surface area contributed by atoms with Crippen LogP contribution in [0.3, 0.4) is 0 Å².